The number of amides is 2. The van der Waals surface area contributed by atoms with Crippen LogP contribution in [-0.4, -0.2) is 20.2 Å². The molecule has 0 radical (unpaired) electrons. The lowest BCUT2D eigenvalue weighted by Crippen LogP contribution is -2.17. The van der Waals surface area contributed by atoms with Gasteiger partial charge < -0.3 is 15.1 Å². The number of halogens is 1. The van der Waals surface area contributed by atoms with Crippen molar-refractivity contribution in [2.75, 3.05) is 15.4 Å². The predicted molar refractivity (Wildman–Crippen MR) is 130 cm³/mol. The van der Waals surface area contributed by atoms with Gasteiger partial charge in [0.2, 0.25) is 0 Å². The van der Waals surface area contributed by atoms with Gasteiger partial charge in [0.15, 0.2) is 5.76 Å². The first-order valence-electron chi connectivity index (χ1n) is 9.95. The normalized spacial score (nSPS) is 11.0. The van der Waals surface area contributed by atoms with E-state index < -0.39 is 21.8 Å². The first-order chi connectivity index (χ1) is 16.3. The molecular formula is C24H18ClN3O5S. The van der Waals surface area contributed by atoms with Crippen molar-refractivity contribution in [3.63, 3.8) is 0 Å². The molecular weight excluding hydrogens is 478 g/mol. The van der Waals surface area contributed by atoms with Gasteiger partial charge in [-0.3, -0.25) is 14.3 Å². The van der Waals surface area contributed by atoms with Gasteiger partial charge >= 0.3 is 0 Å². The molecule has 3 aromatic carbocycles. The Morgan fingerprint density at radius 2 is 1.47 bits per heavy atom. The zero-order chi connectivity index (χ0) is 24.1. The van der Waals surface area contributed by atoms with Crippen LogP contribution >= 0.6 is 11.6 Å². The summed E-state index contributed by atoms with van der Waals surface area (Å²) in [4.78, 5) is 25.2. The fraction of sp³-hybridized carbons (Fsp3) is 0. The Balaban J connectivity index is 1.47. The van der Waals surface area contributed by atoms with E-state index in [0.717, 1.165) is 0 Å². The maximum absolute atomic E-state index is 12.8. The van der Waals surface area contributed by atoms with Crippen LogP contribution < -0.4 is 15.4 Å². The maximum Gasteiger partial charge on any atom is 0.291 e. The Morgan fingerprint density at radius 3 is 2.15 bits per heavy atom. The van der Waals surface area contributed by atoms with Crippen molar-refractivity contribution in [2.24, 2.45) is 0 Å². The summed E-state index contributed by atoms with van der Waals surface area (Å²) < 4.78 is 32.5. The Labute approximate surface area is 200 Å². The number of carbonyl (C=O) groups is 2. The van der Waals surface area contributed by atoms with Crippen LogP contribution in [0.5, 0.6) is 0 Å². The number of rotatable bonds is 7. The monoisotopic (exact) mass is 495 g/mol. The Kier molecular flexibility index (Phi) is 6.67. The number of hydrogen-bond acceptors (Lipinski definition) is 5. The molecule has 34 heavy (non-hydrogen) atoms. The molecule has 1 aromatic heterocycles. The van der Waals surface area contributed by atoms with Crippen molar-refractivity contribution >= 4 is 50.5 Å². The number of sulfonamides is 1. The molecule has 0 saturated heterocycles. The van der Waals surface area contributed by atoms with Gasteiger partial charge in [-0.2, -0.15) is 0 Å². The summed E-state index contributed by atoms with van der Waals surface area (Å²) in [6.07, 6.45) is 1.37. The summed E-state index contributed by atoms with van der Waals surface area (Å²) >= 11 is 6.05. The first kappa shape index (κ1) is 23.1. The number of furan rings is 1. The van der Waals surface area contributed by atoms with E-state index in [4.69, 9.17) is 16.0 Å². The highest BCUT2D eigenvalue weighted by atomic mass is 35.5. The van der Waals surface area contributed by atoms with Gasteiger partial charge in [-0.15, -0.1) is 0 Å². The molecule has 2 amide bonds. The van der Waals surface area contributed by atoms with Gasteiger partial charge in [-0.1, -0.05) is 29.8 Å². The Morgan fingerprint density at radius 1 is 0.765 bits per heavy atom. The largest absolute Gasteiger partial charge is 0.459 e. The van der Waals surface area contributed by atoms with Crippen LogP contribution in [0.4, 0.5) is 17.1 Å². The summed E-state index contributed by atoms with van der Waals surface area (Å²) in [6.45, 7) is 0. The standard InChI is InChI=1S/C24H18ClN3O5S/c25-17-10-13-20(21(15-17)27-24(30)22-7-4-14-33-22)26-23(29)16-8-11-18(12-9-16)28-34(31,32)19-5-2-1-3-6-19/h1-15,28H,(H,26,29)(H,27,30). The van der Waals surface area contributed by atoms with E-state index in [1.165, 1.54) is 54.8 Å². The zero-order valence-electron chi connectivity index (χ0n) is 17.5. The fourth-order valence-corrected chi connectivity index (χ4v) is 4.27. The molecule has 0 atom stereocenters. The van der Waals surface area contributed by atoms with Crippen molar-refractivity contribution in [3.05, 3.63) is 108 Å². The Hall–Kier alpha value is -4.08. The summed E-state index contributed by atoms with van der Waals surface area (Å²) in [5, 5.41) is 5.73. The lowest BCUT2D eigenvalue weighted by Gasteiger charge is -2.13. The second-order valence-electron chi connectivity index (χ2n) is 7.07. The van der Waals surface area contributed by atoms with E-state index in [0.29, 0.717) is 16.4 Å². The molecule has 3 N–H and O–H groups in total. The average Bonchev–Trinajstić information content (AvgIpc) is 3.37. The van der Waals surface area contributed by atoms with Crippen molar-refractivity contribution in [1.82, 2.24) is 0 Å². The van der Waals surface area contributed by atoms with E-state index in [9.17, 15) is 18.0 Å². The van der Waals surface area contributed by atoms with Gasteiger partial charge in [0, 0.05) is 16.3 Å². The van der Waals surface area contributed by atoms with Gasteiger partial charge in [0.1, 0.15) is 0 Å². The first-order valence-corrected chi connectivity index (χ1v) is 11.8. The van der Waals surface area contributed by atoms with Crippen molar-refractivity contribution in [1.29, 1.82) is 0 Å². The third-order valence-corrected chi connectivity index (χ3v) is 6.31. The topological polar surface area (TPSA) is 118 Å². The second kappa shape index (κ2) is 9.82. The highest BCUT2D eigenvalue weighted by Crippen LogP contribution is 2.27. The summed E-state index contributed by atoms with van der Waals surface area (Å²) in [5.41, 5.74) is 1.19. The SMILES string of the molecule is O=C(Nc1ccc(Cl)cc1NC(=O)c1ccco1)c1ccc(NS(=O)(=O)c2ccccc2)cc1. The molecule has 1 heterocycles. The van der Waals surface area contributed by atoms with Crippen LogP contribution in [0, 0.1) is 0 Å². The third-order valence-electron chi connectivity index (χ3n) is 4.68. The number of benzene rings is 3. The van der Waals surface area contributed by atoms with Crippen LogP contribution in [0.1, 0.15) is 20.9 Å². The summed E-state index contributed by atoms with van der Waals surface area (Å²) in [6, 6.07) is 21.6. The van der Waals surface area contributed by atoms with Gasteiger partial charge in [0.05, 0.1) is 22.5 Å². The molecule has 0 saturated carbocycles. The number of carbonyl (C=O) groups excluding carboxylic acids is 2. The van der Waals surface area contributed by atoms with Gasteiger partial charge in [0.25, 0.3) is 21.8 Å². The predicted octanol–water partition coefficient (Wildman–Crippen LogP) is 5.24. The minimum atomic E-state index is -3.75. The fourth-order valence-electron chi connectivity index (χ4n) is 3.02. The molecule has 0 aliphatic rings. The molecule has 172 valence electrons. The maximum atomic E-state index is 12.8. The van der Waals surface area contributed by atoms with Crippen molar-refractivity contribution in [3.8, 4) is 0 Å². The zero-order valence-corrected chi connectivity index (χ0v) is 19.1. The van der Waals surface area contributed by atoms with E-state index in [-0.39, 0.29) is 21.9 Å². The second-order valence-corrected chi connectivity index (χ2v) is 9.19. The van der Waals surface area contributed by atoms with Gasteiger partial charge in [-0.05, 0) is 66.7 Å². The molecule has 0 fully saturated rings. The van der Waals surface area contributed by atoms with Crippen LogP contribution in [0.2, 0.25) is 5.02 Å². The van der Waals surface area contributed by atoms with E-state index >= 15 is 0 Å². The molecule has 0 unspecified atom stereocenters. The molecule has 4 aromatic rings. The highest BCUT2D eigenvalue weighted by Gasteiger charge is 2.16. The molecule has 8 nitrogen and oxygen atoms in total. The molecule has 0 spiro atoms. The van der Waals surface area contributed by atoms with E-state index in [1.807, 2.05) is 0 Å². The van der Waals surface area contributed by atoms with E-state index in [2.05, 4.69) is 15.4 Å². The number of hydrogen-bond donors (Lipinski definition) is 3. The van der Waals surface area contributed by atoms with Gasteiger partial charge in [-0.25, -0.2) is 8.42 Å². The number of nitrogens with one attached hydrogen (secondary N) is 3. The van der Waals surface area contributed by atoms with E-state index in [1.54, 1.807) is 36.4 Å². The quantitative estimate of drug-likeness (QED) is 0.324. The lowest BCUT2D eigenvalue weighted by atomic mass is 10.2. The minimum Gasteiger partial charge on any atom is -0.459 e. The third kappa shape index (κ3) is 5.45. The average molecular weight is 496 g/mol. The molecule has 0 aliphatic heterocycles. The minimum absolute atomic E-state index is 0.103. The van der Waals surface area contributed by atoms with Crippen LogP contribution in [0.3, 0.4) is 0 Å². The van der Waals surface area contributed by atoms with Crippen LogP contribution in [0.15, 0.2) is 101 Å². The lowest BCUT2D eigenvalue weighted by molar-refractivity contribution is 0.0993. The highest BCUT2D eigenvalue weighted by molar-refractivity contribution is 7.92. The Bertz CT molecular complexity index is 1420. The summed E-state index contributed by atoms with van der Waals surface area (Å²) in [5.74, 6) is -0.864. The molecule has 10 heteroatoms. The molecule has 0 aliphatic carbocycles. The molecule has 4 rings (SSSR count). The smallest absolute Gasteiger partial charge is 0.291 e. The number of anilines is 3. The van der Waals surface area contributed by atoms with Crippen LogP contribution in [0.25, 0.3) is 0 Å². The summed E-state index contributed by atoms with van der Waals surface area (Å²) in [7, 11) is -3.75. The van der Waals surface area contributed by atoms with Crippen LogP contribution in [-0.2, 0) is 10.0 Å². The molecule has 0 bridgehead atoms. The van der Waals surface area contributed by atoms with Crippen molar-refractivity contribution < 1.29 is 22.4 Å². The van der Waals surface area contributed by atoms with Crippen molar-refractivity contribution in [2.45, 2.75) is 4.90 Å².